The molecule has 0 saturated heterocycles. The summed E-state index contributed by atoms with van der Waals surface area (Å²) in [5.74, 6) is 4.59. The van der Waals surface area contributed by atoms with Gasteiger partial charge in [-0.1, -0.05) is 11.8 Å². The van der Waals surface area contributed by atoms with Crippen molar-refractivity contribution in [1.82, 2.24) is 5.32 Å². The number of thiophene rings is 1. The number of aliphatic hydroxyl groups is 1. The molecule has 1 amide bonds. The number of nitrogens with one attached hydrogen (secondary N) is 1. The highest BCUT2D eigenvalue weighted by Crippen LogP contribution is 2.21. The van der Waals surface area contributed by atoms with Crippen LogP contribution in [0.15, 0.2) is 6.07 Å². The molecule has 0 spiro atoms. The molecule has 0 fully saturated rings. The molecular formula is C12H12F3NO2S. The van der Waals surface area contributed by atoms with Crippen LogP contribution in [-0.2, 0) is 0 Å². The highest BCUT2D eigenvalue weighted by Gasteiger charge is 2.26. The molecule has 0 atom stereocenters. The van der Waals surface area contributed by atoms with Crippen LogP contribution in [0.2, 0.25) is 0 Å². The zero-order valence-corrected chi connectivity index (χ0v) is 10.9. The van der Waals surface area contributed by atoms with Gasteiger partial charge in [-0.15, -0.1) is 11.3 Å². The van der Waals surface area contributed by atoms with Gasteiger partial charge in [0, 0.05) is 6.54 Å². The van der Waals surface area contributed by atoms with Crippen molar-refractivity contribution in [3.05, 3.63) is 21.4 Å². The molecule has 2 N–H and O–H groups in total. The molecule has 7 heteroatoms. The number of amides is 1. The first-order valence-corrected chi connectivity index (χ1v) is 6.20. The Balaban J connectivity index is 2.63. The van der Waals surface area contributed by atoms with Crippen molar-refractivity contribution < 1.29 is 23.1 Å². The van der Waals surface area contributed by atoms with Crippen molar-refractivity contribution in [2.24, 2.45) is 0 Å². The van der Waals surface area contributed by atoms with Gasteiger partial charge in [0.15, 0.2) is 0 Å². The van der Waals surface area contributed by atoms with Crippen LogP contribution in [-0.4, -0.2) is 30.3 Å². The molecule has 1 rings (SSSR count). The molecular weight excluding hydrogens is 279 g/mol. The Morgan fingerprint density at radius 3 is 2.79 bits per heavy atom. The average Bonchev–Trinajstić information content (AvgIpc) is 2.66. The maximum absolute atomic E-state index is 11.9. The molecule has 3 nitrogen and oxygen atoms in total. The summed E-state index contributed by atoms with van der Waals surface area (Å²) < 4.78 is 35.8. The molecule has 0 aliphatic rings. The SMILES string of the molecule is Cc1cc(C(=O)NCCC(F)(F)F)sc1C#CCO. The predicted octanol–water partition coefficient (Wildman–Crippen LogP) is 2.08. The number of alkyl halides is 3. The average molecular weight is 291 g/mol. The van der Waals surface area contributed by atoms with E-state index < -0.39 is 25.0 Å². The number of aryl methyl sites for hydroxylation is 1. The Morgan fingerprint density at radius 2 is 2.21 bits per heavy atom. The number of aliphatic hydroxyl groups excluding tert-OH is 1. The highest BCUT2D eigenvalue weighted by molar-refractivity contribution is 7.14. The molecule has 0 aromatic carbocycles. The van der Waals surface area contributed by atoms with Crippen molar-refractivity contribution in [3.8, 4) is 11.8 Å². The van der Waals surface area contributed by atoms with Crippen LogP contribution in [0.5, 0.6) is 0 Å². The zero-order valence-electron chi connectivity index (χ0n) is 10.1. The van der Waals surface area contributed by atoms with E-state index in [1.54, 1.807) is 13.0 Å². The summed E-state index contributed by atoms with van der Waals surface area (Å²) >= 11 is 1.09. The molecule has 0 unspecified atom stereocenters. The van der Waals surface area contributed by atoms with Gasteiger partial charge in [0.2, 0.25) is 0 Å². The van der Waals surface area contributed by atoms with Crippen molar-refractivity contribution in [1.29, 1.82) is 0 Å². The van der Waals surface area contributed by atoms with Gasteiger partial charge >= 0.3 is 6.18 Å². The molecule has 1 heterocycles. The summed E-state index contributed by atoms with van der Waals surface area (Å²) in [6.45, 7) is 1.01. The Morgan fingerprint density at radius 1 is 1.53 bits per heavy atom. The number of carbonyl (C=O) groups is 1. The van der Waals surface area contributed by atoms with E-state index in [0.29, 0.717) is 9.75 Å². The molecule has 1 aromatic rings. The molecule has 0 aliphatic carbocycles. The summed E-state index contributed by atoms with van der Waals surface area (Å²) in [4.78, 5) is 12.5. The molecule has 0 bridgehead atoms. The minimum absolute atomic E-state index is 0.287. The van der Waals surface area contributed by atoms with E-state index in [4.69, 9.17) is 5.11 Å². The summed E-state index contributed by atoms with van der Waals surface area (Å²) in [6, 6.07) is 1.56. The Hall–Kier alpha value is -1.52. The van der Waals surface area contributed by atoms with Crippen LogP contribution in [0, 0.1) is 18.8 Å². The van der Waals surface area contributed by atoms with E-state index in [2.05, 4.69) is 17.2 Å². The number of hydrogen-bond acceptors (Lipinski definition) is 3. The van der Waals surface area contributed by atoms with Gasteiger partial charge in [0.1, 0.15) is 6.61 Å². The first-order valence-electron chi connectivity index (χ1n) is 5.38. The van der Waals surface area contributed by atoms with Crippen molar-refractivity contribution >= 4 is 17.2 Å². The molecule has 1 aromatic heterocycles. The van der Waals surface area contributed by atoms with Crippen LogP contribution in [0.25, 0.3) is 0 Å². The first-order chi connectivity index (χ1) is 8.83. The van der Waals surface area contributed by atoms with Gasteiger partial charge < -0.3 is 10.4 Å². The summed E-state index contributed by atoms with van der Waals surface area (Å²) in [6.07, 6.45) is -5.34. The minimum Gasteiger partial charge on any atom is -0.384 e. The third-order valence-corrected chi connectivity index (χ3v) is 3.27. The fraction of sp³-hybridized carbons (Fsp3) is 0.417. The minimum atomic E-state index is -4.28. The van der Waals surface area contributed by atoms with Gasteiger partial charge in [0.25, 0.3) is 5.91 Å². The third-order valence-electron chi connectivity index (χ3n) is 2.12. The van der Waals surface area contributed by atoms with E-state index in [1.165, 1.54) is 0 Å². The highest BCUT2D eigenvalue weighted by atomic mass is 32.1. The lowest BCUT2D eigenvalue weighted by atomic mass is 10.2. The van der Waals surface area contributed by atoms with Gasteiger partial charge in [0.05, 0.1) is 16.2 Å². The van der Waals surface area contributed by atoms with E-state index in [0.717, 1.165) is 16.9 Å². The van der Waals surface area contributed by atoms with E-state index >= 15 is 0 Å². The lowest BCUT2D eigenvalue weighted by molar-refractivity contribution is -0.132. The lowest BCUT2D eigenvalue weighted by Crippen LogP contribution is -2.27. The van der Waals surface area contributed by atoms with Crippen LogP contribution >= 0.6 is 11.3 Å². The predicted molar refractivity (Wildman–Crippen MR) is 66.0 cm³/mol. The van der Waals surface area contributed by atoms with Gasteiger partial charge in [-0.05, 0) is 18.6 Å². The Bertz CT molecular complexity index is 511. The molecule has 0 radical (unpaired) electrons. The monoisotopic (exact) mass is 291 g/mol. The number of hydrogen-bond donors (Lipinski definition) is 2. The Kier molecular flexibility index (Phi) is 5.39. The second-order valence-corrected chi connectivity index (χ2v) is 4.76. The summed E-state index contributed by atoms with van der Waals surface area (Å²) in [5.41, 5.74) is 0.756. The van der Waals surface area contributed by atoms with Crippen molar-refractivity contribution in [2.75, 3.05) is 13.2 Å². The third kappa shape index (κ3) is 5.32. The fourth-order valence-corrected chi connectivity index (χ4v) is 2.21. The smallest absolute Gasteiger partial charge is 0.384 e. The van der Waals surface area contributed by atoms with Gasteiger partial charge in [-0.25, -0.2) is 0 Å². The van der Waals surface area contributed by atoms with Gasteiger partial charge in [-0.3, -0.25) is 4.79 Å². The molecule has 19 heavy (non-hydrogen) atoms. The fourth-order valence-electron chi connectivity index (χ4n) is 1.24. The quantitative estimate of drug-likeness (QED) is 0.838. The normalized spacial score (nSPS) is 10.8. The second kappa shape index (κ2) is 6.59. The maximum Gasteiger partial charge on any atom is 0.390 e. The van der Waals surface area contributed by atoms with E-state index in [-0.39, 0.29) is 6.61 Å². The van der Waals surface area contributed by atoms with E-state index in [9.17, 15) is 18.0 Å². The standard InChI is InChI=1S/C12H12F3NO2S/c1-8-7-10(19-9(8)3-2-6-17)11(18)16-5-4-12(13,14)15/h7,17H,4-6H2,1H3,(H,16,18). The summed E-state index contributed by atoms with van der Waals surface area (Å²) in [7, 11) is 0. The topological polar surface area (TPSA) is 49.3 Å². The zero-order chi connectivity index (χ0) is 14.5. The van der Waals surface area contributed by atoms with Crippen LogP contribution in [0.1, 0.15) is 26.5 Å². The summed E-state index contributed by atoms with van der Waals surface area (Å²) in [5, 5.41) is 10.8. The number of rotatable bonds is 3. The van der Waals surface area contributed by atoms with Crippen LogP contribution < -0.4 is 5.32 Å². The Labute approximate surface area is 112 Å². The number of halogens is 3. The molecule has 0 saturated carbocycles. The second-order valence-electron chi connectivity index (χ2n) is 3.70. The largest absolute Gasteiger partial charge is 0.390 e. The molecule has 0 aliphatic heterocycles. The van der Waals surface area contributed by atoms with E-state index in [1.807, 2.05) is 0 Å². The lowest BCUT2D eigenvalue weighted by Gasteiger charge is -2.06. The van der Waals surface area contributed by atoms with Crippen molar-refractivity contribution in [3.63, 3.8) is 0 Å². The van der Waals surface area contributed by atoms with Crippen molar-refractivity contribution in [2.45, 2.75) is 19.5 Å². The maximum atomic E-state index is 11.9. The van der Waals surface area contributed by atoms with Crippen LogP contribution in [0.4, 0.5) is 13.2 Å². The number of carbonyl (C=O) groups excluding carboxylic acids is 1. The van der Waals surface area contributed by atoms with Crippen LogP contribution in [0.3, 0.4) is 0 Å². The first kappa shape index (κ1) is 15.5. The molecule has 104 valence electrons. The van der Waals surface area contributed by atoms with Gasteiger partial charge in [-0.2, -0.15) is 13.2 Å².